The number of benzene rings is 1. The Bertz CT molecular complexity index is 430. The first-order valence-electron chi connectivity index (χ1n) is 6.23. The van der Waals surface area contributed by atoms with E-state index in [9.17, 15) is 0 Å². The fourth-order valence-electron chi connectivity index (χ4n) is 3.19. The van der Waals surface area contributed by atoms with Gasteiger partial charge in [0, 0.05) is 5.92 Å². The maximum absolute atomic E-state index is 6.04. The van der Waals surface area contributed by atoms with Gasteiger partial charge in [-0.2, -0.15) is 0 Å². The van der Waals surface area contributed by atoms with E-state index in [1.54, 1.807) is 0 Å². The van der Waals surface area contributed by atoms with Gasteiger partial charge in [0.2, 0.25) is 0 Å². The van der Waals surface area contributed by atoms with Crippen LogP contribution in [0.15, 0.2) is 24.3 Å². The molecule has 3 heteroatoms. The topological polar surface area (TPSA) is 44.5 Å². The predicted octanol–water partition coefficient (Wildman–Crippen LogP) is 2.06. The van der Waals surface area contributed by atoms with Gasteiger partial charge in [0.15, 0.2) is 11.5 Å². The highest BCUT2D eigenvalue weighted by molar-refractivity contribution is 5.41. The zero-order valence-electron chi connectivity index (χ0n) is 10.3. The molecule has 0 amide bonds. The van der Waals surface area contributed by atoms with Crippen molar-refractivity contribution < 1.29 is 9.47 Å². The zero-order valence-corrected chi connectivity index (χ0v) is 10.3. The van der Waals surface area contributed by atoms with Crippen molar-refractivity contribution in [3.63, 3.8) is 0 Å². The lowest BCUT2D eigenvalue weighted by molar-refractivity contribution is 0.0649. The normalized spacial score (nSPS) is 33.2. The number of hydrogen-bond acceptors (Lipinski definition) is 3. The first kappa shape index (κ1) is 10.9. The Morgan fingerprint density at radius 1 is 1.29 bits per heavy atom. The highest BCUT2D eigenvalue weighted by atomic mass is 16.6. The lowest BCUT2D eigenvalue weighted by Gasteiger charge is -2.27. The second kappa shape index (κ2) is 3.64. The minimum atomic E-state index is 0.147. The van der Waals surface area contributed by atoms with Crippen molar-refractivity contribution >= 4 is 0 Å². The van der Waals surface area contributed by atoms with Gasteiger partial charge in [-0.3, -0.25) is 0 Å². The number of nitrogens with two attached hydrogens (primary N) is 1. The van der Waals surface area contributed by atoms with Crippen molar-refractivity contribution in [1.29, 1.82) is 0 Å². The summed E-state index contributed by atoms with van der Waals surface area (Å²) in [6, 6.07) is 7.85. The Hall–Kier alpha value is -1.22. The highest BCUT2D eigenvalue weighted by Crippen LogP contribution is 2.60. The smallest absolute Gasteiger partial charge is 0.161 e. The van der Waals surface area contributed by atoms with Crippen molar-refractivity contribution in [2.45, 2.75) is 20.0 Å². The van der Waals surface area contributed by atoms with Crippen LogP contribution in [0, 0.1) is 17.3 Å². The quantitative estimate of drug-likeness (QED) is 0.850. The monoisotopic (exact) mass is 233 g/mol. The van der Waals surface area contributed by atoms with E-state index in [-0.39, 0.29) is 11.5 Å². The van der Waals surface area contributed by atoms with Gasteiger partial charge in [0.05, 0.1) is 0 Å². The number of fused-ring (bicyclic) bond motifs is 1. The van der Waals surface area contributed by atoms with Gasteiger partial charge < -0.3 is 15.2 Å². The van der Waals surface area contributed by atoms with Crippen LogP contribution in [0.3, 0.4) is 0 Å². The summed E-state index contributed by atoms with van der Waals surface area (Å²) in [5.74, 6) is 2.79. The third-order valence-electron chi connectivity index (χ3n) is 4.32. The zero-order chi connectivity index (χ0) is 12.0. The molecule has 1 aliphatic carbocycles. The molecule has 17 heavy (non-hydrogen) atoms. The first-order chi connectivity index (χ1) is 8.14. The summed E-state index contributed by atoms with van der Waals surface area (Å²) in [6.07, 6.45) is 0.147. The molecule has 0 bridgehead atoms. The fraction of sp³-hybridized carbons (Fsp3) is 0.571. The van der Waals surface area contributed by atoms with Gasteiger partial charge in [0.1, 0.15) is 12.7 Å². The van der Waals surface area contributed by atoms with Gasteiger partial charge in [-0.1, -0.05) is 26.0 Å². The second-order valence-electron chi connectivity index (χ2n) is 5.60. The highest BCUT2D eigenvalue weighted by Gasteiger charge is 2.61. The molecular formula is C14H19NO2. The number of hydrogen-bond donors (Lipinski definition) is 1. The number of rotatable bonds is 2. The van der Waals surface area contributed by atoms with Crippen LogP contribution >= 0.6 is 0 Å². The van der Waals surface area contributed by atoms with E-state index in [1.165, 1.54) is 0 Å². The van der Waals surface area contributed by atoms with Crippen LogP contribution in [0.1, 0.15) is 13.8 Å². The molecule has 92 valence electrons. The largest absolute Gasteiger partial charge is 0.486 e. The molecule has 3 unspecified atom stereocenters. The van der Waals surface area contributed by atoms with E-state index >= 15 is 0 Å². The standard InChI is InChI=1S/C14H19NO2/c1-14(2)9(7-15)13(14)12-8-16-10-5-3-4-6-11(10)17-12/h3-6,9,12-13H,7-8,15H2,1-2H3. The van der Waals surface area contributed by atoms with Gasteiger partial charge in [0.25, 0.3) is 0 Å². The summed E-state index contributed by atoms with van der Waals surface area (Å²) < 4.78 is 11.8. The average molecular weight is 233 g/mol. The van der Waals surface area contributed by atoms with Gasteiger partial charge >= 0.3 is 0 Å². The maximum Gasteiger partial charge on any atom is 0.161 e. The molecule has 1 heterocycles. The lowest BCUT2D eigenvalue weighted by atomic mass is 10.1. The molecule has 1 aromatic rings. The van der Waals surface area contributed by atoms with Crippen LogP contribution in [-0.4, -0.2) is 19.3 Å². The summed E-state index contributed by atoms with van der Waals surface area (Å²) in [6.45, 7) is 5.90. The number of ether oxygens (including phenoxy) is 2. The van der Waals surface area contributed by atoms with Crippen LogP contribution in [0.5, 0.6) is 11.5 Å². The summed E-state index contributed by atoms with van der Waals surface area (Å²) >= 11 is 0. The van der Waals surface area contributed by atoms with E-state index in [0.29, 0.717) is 18.4 Å². The summed E-state index contributed by atoms with van der Waals surface area (Å²) in [7, 11) is 0. The van der Waals surface area contributed by atoms with Gasteiger partial charge in [-0.15, -0.1) is 0 Å². The van der Waals surface area contributed by atoms with Gasteiger partial charge in [-0.05, 0) is 30.0 Å². The van der Waals surface area contributed by atoms with Crippen LogP contribution < -0.4 is 15.2 Å². The Morgan fingerprint density at radius 3 is 2.65 bits per heavy atom. The molecule has 1 aliphatic heterocycles. The van der Waals surface area contributed by atoms with Crippen molar-refractivity contribution in [3.05, 3.63) is 24.3 Å². The molecule has 2 N–H and O–H groups in total. The first-order valence-corrected chi connectivity index (χ1v) is 6.23. The van der Waals surface area contributed by atoms with E-state index in [4.69, 9.17) is 15.2 Å². The molecule has 1 fully saturated rings. The van der Waals surface area contributed by atoms with Crippen molar-refractivity contribution in [2.75, 3.05) is 13.2 Å². The molecule has 1 saturated carbocycles. The molecule has 2 aliphatic rings. The molecular weight excluding hydrogens is 214 g/mol. The van der Waals surface area contributed by atoms with Crippen molar-refractivity contribution in [1.82, 2.24) is 0 Å². The van der Waals surface area contributed by atoms with Crippen molar-refractivity contribution in [2.24, 2.45) is 23.0 Å². The molecule has 0 saturated heterocycles. The Balaban J connectivity index is 1.77. The van der Waals surface area contributed by atoms with Crippen LogP contribution in [0.25, 0.3) is 0 Å². The molecule has 0 spiro atoms. The number of para-hydroxylation sites is 2. The molecule has 3 atom stereocenters. The third-order valence-corrected chi connectivity index (χ3v) is 4.32. The summed E-state index contributed by atoms with van der Waals surface area (Å²) in [4.78, 5) is 0. The van der Waals surface area contributed by atoms with Crippen LogP contribution in [0.2, 0.25) is 0 Å². The van der Waals surface area contributed by atoms with E-state index in [0.717, 1.165) is 18.0 Å². The second-order valence-corrected chi connectivity index (χ2v) is 5.60. The minimum absolute atomic E-state index is 0.147. The Labute approximate surface area is 102 Å². The molecule has 0 radical (unpaired) electrons. The van der Waals surface area contributed by atoms with E-state index in [1.807, 2.05) is 24.3 Å². The van der Waals surface area contributed by atoms with Crippen molar-refractivity contribution in [3.8, 4) is 11.5 Å². The average Bonchev–Trinajstić information content (AvgIpc) is 2.90. The van der Waals surface area contributed by atoms with Gasteiger partial charge in [-0.25, -0.2) is 0 Å². The molecule has 1 aromatic carbocycles. The Kier molecular flexibility index (Phi) is 2.33. The lowest BCUT2D eigenvalue weighted by Crippen LogP contribution is -2.33. The fourth-order valence-corrected chi connectivity index (χ4v) is 3.19. The molecule has 3 rings (SSSR count). The Morgan fingerprint density at radius 2 is 2.00 bits per heavy atom. The maximum atomic E-state index is 6.04. The molecule has 3 nitrogen and oxygen atoms in total. The van der Waals surface area contributed by atoms with E-state index < -0.39 is 0 Å². The van der Waals surface area contributed by atoms with Crippen LogP contribution in [0.4, 0.5) is 0 Å². The summed E-state index contributed by atoms with van der Waals surface area (Å²) in [5, 5.41) is 0. The third kappa shape index (κ3) is 1.61. The minimum Gasteiger partial charge on any atom is -0.486 e. The van der Waals surface area contributed by atoms with Crippen LogP contribution in [-0.2, 0) is 0 Å². The van der Waals surface area contributed by atoms with E-state index in [2.05, 4.69) is 13.8 Å². The molecule has 0 aromatic heterocycles. The SMILES string of the molecule is CC1(C)C(CN)C1C1COc2ccccc2O1. The summed E-state index contributed by atoms with van der Waals surface area (Å²) in [5.41, 5.74) is 6.09. The predicted molar refractivity (Wildman–Crippen MR) is 66.2 cm³/mol.